The van der Waals surface area contributed by atoms with Gasteiger partial charge in [0.1, 0.15) is 0 Å². The Morgan fingerprint density at radius 3 is 3.00 bits per heavy atom. The number of ether oxygens (including phenoxy) is 1. The van der Waals surface area contributed by atoms with Gasteiger partial charge in [-0.1, -0.05) is 13.8 Å². The second-order valence-electron chi connectivity index (χ2n) is 4.99. The van der Waals surface area contributed by atoms with Crippen LogP contribution in [0.25, 0.3) is 0 Å². The predicted molar refractivity (Wildman–Crippen MR) is 81.5 cm³/mol. The number of aromatic nitrogens is 3. The normalized spacial score (nSPS) is 11.0. The minimum absolute atomic E-state index is 0.147. The van der Waals surface area contributed by atoms with E-state index < -0.39 is 0 Å². The van der Waals surface area contributed by atoms with E-state index in [1.807, 2.05) is 9.95 Å². The molecular weight excluding hydrogens is 288 g/mol. The Morgan fingerprint density at radius 1 is 1.52 bits per heavy atom. The number of carbonyl (C=O) groups excluding carboxylic acids is 1. The van der Waals surface area contributed by atoms with Crippen LogP contribution in [0.15, 0.2) is 17.9 Å². The summed E-state index contributed by atoms with van der Waals surface area (Å²) in [6, 6.07) is 0. The minimum atomic E-state index is -0.147. The van der Waals surface area contributed by atoms with Crippen molar-refractivity contribution >= 4 is 17.2 Å². The third-order valence-corrected chi connectivity index (χ3v) is 3.93. The fourth-order valence-electron chi connectivity index (χ4n) is 1.79. The van der Waals surface area contributed by atoms with Crippen LogP contribution in [-0.4, -0.2) is 34.2 Å². The van der Waals surface area contributed by atoms with Crippen LogP contribution in [0.5, 0.6) is 0 Å². The summed E-state index contributed by atoms with van der Waals surface area (Å²) >= 11 is 1.38. The molecule has 0 fully saturated rings. The molecule has 0 spiro atoms. The Morgan fingerprint density at radius 2 is 2.33 bits per heavy atom. The number of hydrogen-bond acceptors (Lipinski definition) is 5. The molecule has 2 rings (SSSR count). The van der Waals surface area contributed by atoms with Crippen molar-refractivity contribution in [2.45, 2.75) is 32.9 Å². The third-order valence-electron chi connectivity index (χ3n) is 3.07. The largest absolute Gasteiger partial charge is 0.383 e. The van der Waals surface area contributed by atoms with E-state index in [1.165, 1.54) is 11.3 Å². The molecule has 6 nitrogen and oxygen atoms in total. The molecule has 7 heteroatoms. The summed E-state index contributed by atoms with van der Waals surface area (Å²) in [6.07, 6.45) is 3.48. The Hall–Kier alpha value is -1.73. The van der Waals surface area contributed by atoms with Crippen LogP contribution in [0.4, 0.5) is 0 Å². The SMILES string of the molecule is COCCn1cncc1CNC(=O)c1nc(C(C)C)cs1. The van der Waals surface area contributed by atoms with E-state index in [0.717, 1.165) is 17.9 Å². The highest BCUT2D eigenvalue weighted by Crippen LogP contribution is 2.17. The maximum atomic E-state index is 12.1. The van der Waals surface area contributed by atoms with Crippen molar-refractivity contribution in [3.05, 3.63) is 34.3 Å². The van der Waals surface area contributed by atoms with Crippen LogP contribution < -0.4 is 5.32 Å². The number of methoxy groups -OCH3 is 1. The molecule has 0 saturated carbocycles. The van der Waals surface area contributed by atoms with Gasteiger partial charge in [-0.25, -0.2) is 9.97 Å². The van der Waals surface area contributed by atoms with Crippen LogP contribution in [-0.2, 0) is 17.8 Å². The molecule has 0 radical (unpaired) electrons. The zero-order chi connectivity index (χ0) is 15.2. The Bertz CT molecular complexity index is 591. The van der Waals surface area contributed by atoms with E-state index in [1.54, 1.807) is 19.6 Å². The van der Waals surface area contributed by atoms with Gasteiger partial charge in [0.15, 0.2) is 5.01 Å². The van der Waals surface area contributed by atoms with Gasteiger partial charge in [-0.15, -0.1) is 11.3 Å². The van der Waals surface area contributed by atoms with Gasteiger partial charge in [0, 0.05) is 25.2 Å². The lowest BCUT2D eigenvalue weighted by molar-refractivity contribution is 0.0949. The lowest BCUT2D eigenvalue weighted by Crippen LogP contribution is -2.24. The van der Waals surface area contributed by atoms with E-state index in [0.29, 0.717) is 24.1 Å². The zero-order valence-electron chi connectivity index (χ0n) is 12.5. The number of carbonyl (C=O) groups is 1. The molecule has 0 aromatic carbocycles. The molecule has 0 saturated heterocycles. The summed E-state index contributed by atoms with van der Waals surface area (Å²) in [6.45, 7) is 5.88. The van der Waals surface area contributed by atoms with Gasteiger partial charge in [-0.2, -0.15) is 0 Å². The molecule has 0 aliphatic rings. The van der Waals surface area contributed by atoms with Crippen molar-refractivity contribution in [2.24, 2.45) is 0 Å². The van der Waals surface area contributed by atoms with Crippen molar-refractivity contribution in [3.63, 3.8) is 0 Å². The van der Waals surface area contributed by atoms with E-state index in [4.69, 9.17) is 4.74 Å². The van der Waals surface area contributed by atoms with Crippen molar-refractivity contribution in [1.82, 2.24) is 19.9 Å². The fraction of sp³-hybridized carbons (Fsp3) is 0.500. The molecule has 0 unspecified atom stereocenters. The van der Waals surface area contributed by atoms with Gasteiger partial charge in [0.2, 0.25) is 0 Å². The highest BCUT2D eigenvalue weighted by molar-refractivity contribution is 7.11. The van der Waals surface area contributed by atoms with Crippen LogP contribution in [0.2, 0.25) is 0 Å². The number of imidazole rings is 1. The van der Waals surface area contributed by atoms with E-state index in [2.05, 4.69) is 29.1 Å². The number of rotatable bonds is 7. The molecule has 21 heavy (non-hydrogen) atoms. The van der Waals surface area contributed by atoms with Crippen molar-refractivity contribution < 1.29 is 9.53 Å². The Balaban J connectivity index is 1.93. The van der Waals surface area contributed by atoms with Gasteiger partial charge in [0.25, 0.3) is 5.91 Å². The summed E-state index contributed by atoms with van der Waals surface area (Å²) in [4.78, 5) is 20.5. The number of hydrogen-bond donors (Lipinski definition) is 1. The minimum Gasteiger partial charge on any atom is -0.383 e. The van der Waals surface area contributed by atoms with E-state index in [-0.39, 0.29) is 5.91 Å². The number of thiazole rings is 1. The van der Waals surface area contributed by atoms with Crippen LogP contribution in [0.1, 0.15) is 41.0 Å². The van der Waals surface area contributed by atoms with Gasteiger partial charge >= 0.3 is 0 Å². The van der Waals surface area contributed by atoms with Gasteiger partial charge < -0.3 is 14.6 Å². The fourth-order valence-corrected chi connectivity index (χ4v) is 2.68. The molecule has 0 aliphatic carbocycles. The highest BCUT2D eigenvalue weighted by atomic mass is 32.1. The maximum absolute atomic E-state index is 12.1. The lowest BCUT2D eigenvalue weighted by Gasteiger charge is -2.08. The van der Waals surface area contributed by atoms with Gasteiger partial charge in [0.05, 0.1) is 30.9 Å². The first-order chi connectivity index (χ1) is 10.1. The average molecular weight is 308 g/mol. The van der Waals surface area contributed by atoms with E-state index in [9.17, 15) is 4.79 Å². The molecule has 0 aliphatic heterocycles. The monoisotopic (exact) mass is 308 g/mol. The van der Waals surface area contributed by atoms with Crippen LogP contribution >= 0.6 is 11.3 Å². The zero-order valence-corrected chi connectivity index (χ0v) is 13.3. The first kappa shape index (κ1) is 15.7. The molecule has 0 atom stereocenters. The van der Waals surface area contributed by atoms with Gasteiger partial charge in [-0.3, -0.25) is 4.79 Å². The van der Waals surface area contributed by atoms with Crippen molar-refractivity contribution in [1.29, 1.82) is 0 Å². The molecule has 1 N–H and O–H groups in total. The molecule has 2 aromatic rings. The van der Waals surface area contributed by atoms with Crippen molar-refractivity contribution in [3.8, 4) is 0 Å². The maximum Gasteiger partial charge on any atom is 0.280 e. The van der Waals surface area contributed by atoms with Gasteiger partial charge in [-0.05, 0) is 5.92 Å². The van der Waals surface area contributed by atoms with Crippen molar-refractivity contribution in [2.75, 3.05) is 13.7 Å². The molecular formula is C14H20N4O2S. The summed E-state index contributed by atoms with van der Waals surface area (Å²) in [5.74, 6) is 0.185. The smallest absolute Gasteiger partial charge is 0.280 e. The third kappa shape index (κ3) is 4.12. The van der Waals surface area contributed by atoms with Crippen LogP contribution in [0, 0.1) is 0 Å². The topological polar surface area (TPSA) is 69.0 Å². The quantitative estimate of drug-likeness (QED) is 0.850. The number of nitrogens with zero attached hydrogens (tertiary/aromatic N) is 3. The second-order valence-corrected chi connectivity index (χ2v) is 5.84. The van der Waals surface area contributed by atoms with E-state index >= 15 is 0 Å². The first-order valence-electron chi connectivity index (χ1n) is 6.83. The highest BCUT2D eigenvalue weighted by Gasteiger charge is 2.13. The lowest BCUT2D eigenvalue weighted by atomic mass is 10.2. The summed E-state index contributed by atoms with van der Waals surface area (Å²) < 4.78 is 7.01. The number of nitrogens with one attached hydrogen (secondary N) is 1. The van der Waals surface area contributed by atoms with Crippen LogP contribution in [0.3, 0.4) is 0 Å². The standard InChI is InChI=1S/C14H20N4O2S/c1-10(2)12-8-21-14(17-12)13(19)16-7-11-6-15-9-18(11)4-5-20-3/h6,8-10H,4-5,7H2,1-3H3,(H,16,19). The summed E-state index contributed by atoms with van der Waals surface area (Å²) in [5, 5.41) is 5.31. The molecule has 1 amide bonds. The Kier molecular flexibility index (Phi) is 5.46. The second kappa shape index (κ2) is 7.33. The first-order valence-corrected chi connectivity index (χ1v) is 7.71. The summed E-state index contributed by atoms with van der Waals surface area (Å²) in [7, 11) is 1.66. The molecule has 2 heterocycles. The Labute approximate surface area is 128 Å². The predicted octanol–water partition coefficient (Wildman–Crippen LogP) is 2.04. The molecule has 114 valence electrons. The molecule has 0 bridgehead atoms. The average Bonchev–Trinajstić information content (AvgIpc) is 3.11. The summed E-state index contributed by atoms with van der Waals surface area (Å²) in [5.41, 5.74) is 1.90. The number of amides is 1. The molecule has 2 aromatic heterocycles.